The van der Waals surface area contributed by atoms with Gasteiger partial charge in [0.1, 0.15) is 0 Å². The average molecular weight is 317 g/mol. The number of carbonyl (C=O) groups is 2. The molecule has 2 N–H and O–H groups in total. The molecule has 1 amide bonds. The molecule has 2 aromatic heterocycles. The number of aromatic nitrogens is 4. The fourth-order valence-corrected chi connectivity index (χ4v) is 2.79. The number of ketones is 1. The van der Waals surface area contributed by atoms with Crippen LogP contribution in [0.4, 0.5) is 0 Å². The Kier molecular flexibility index (Phi) is 5.31. The Morgan fingerprint density at radius 1 is 1.39 bits per heavy atom. The van der Waals surface area contributed by atoms with Crippen molar-refractivity contribution in [1.82, 2.24) is 25.3 Å². The minimum atomic E-state index is -0.103. The third-order valence-corrected chi connectivity index (χ3v) is 3.85. The van der Waals surface area contributed by atoms with Crippen LogP contribution in [-0.4, -0.2) is 38.2 Å². The number of aromatic amines is 1. The molecule has 1 atom stereocenters. The molecule has 2 heterocycles. The number of nitrogens with zero attached hydrogens (tertiary/aromatic N) is 3. The second kappa shape index (κ2) is 7.21. The summed E-state index contributed by atoms with van der Waals surface area (Å²) in [5.74, 6) is -0.0311. The standard InChI is InChI=1S/C16H23N5O2/c1-10(21-12(3)16(13(4)22)11(2)20-21)9-15(23)17-7-5-14-6-8-18-19-14/h6,8,10H,5,7,9H2,1-4H3,(H,17,23)(H,18,19)/t10-/m1/s1. The molecule has 124 valence electrons. The fourth-order valence-electron chi connectivity index (χ4n) is 2.79. The van der Waals surface area contributed by atoms with Crippen molar-refractivity contribution in [3.8, 4) is 0 Å². The molecule has 0 radical (unpaired) electrons. The van der Waals surface area contributed by atoms with Crippen molar-refractivity contribution in [3.05, 3.63) is 34.9 Å². The molecule has 7 nitrogen and oxygen atoms in total. The molecule has 0 spiro atoms. The van der Waals surface area contributed by atoms with E-state index < -0.39 is 0 Å². The highest BCUT2D eigenvalue weighted by Crippen LogP contribution is 2.19. The summed E-state index contributed by atoms with van der Waals surface area (Å²) in [6.07, 6.45) is 2.73. The predicted molar refractivity (Wildman–Crippen MR) is 86.3 cm³/mol. The number of carbonyl (C=O) groups excluding carboxylic acids is 2. The lowest BCUT2D eigenvalue weighted by molar-refractivity contribution is -0.121. The largest absolute Gasteiger partial charge is 0.356 e. The van der Waals surface area contributed by atoms with Gasteiger partial charge in [-0.3, -0.25) is 19.4 Å². The SMILES string of the molecule is CC(=O)c1c(C)nn([C@H](C)CC(=O)NCCc2ccn[nH]2)c1C. The van der Waals surface area contributed by atoms with Gasteiger partial charge in [0.2, 0.25) is 5.91 Å². The van der Waals surface area contributed by atoms with E-state index in [4.69, 9.17) is 0 Å². The molecular formula is C16H23N5O2. The van der Waals surface area contributed by atoms with Gasteiger partial charge in [-0.25, -0.2) is 0 Å². The molecule has 23 heavy (non-hydrogen) atoms. The summed E-state index contributed by atoms with van der Waals surface area (Å²) >= 11 is 0. The first-order valence-electron chi connectivity index (χ1n) is 7.71. The number of nitrogens with one attached hydrogen (secondary N) is 2. The zero-order valence-corrected chi connectivity index (χ0v) is 14.0. The van der Waals surface area contributed by atoms with Crippen LogP contribution < -0.4 is 5.32 Å². The summed E-state index contributed by atoms with van der Waals surface area (Å²) in [4.78, 5) is 23.7. The topological polar surface area (TPSA) is 92.7 Å². The number of aryl methyl sites for hydroxylation is 1. The van der Waals surface area contributed by atoms with E-state index in [9.17, 15) is 9.59 Å². The summed E-state index contributed by atoms with van der Waals surface area (Å²) in [7, 11) is 0. The highest BCUT2D eigenvalue weighted by atomic mass is 16.1. The summed E-state index contributed by atoms with van der Waals surface area (Å²) in [5, 5.41) is 14.0. The van der Waals surface area contributed by atoms with Gasteiger partial charge in [0.25, 0.3) is 0 Å². The number of rotatable bonds is 7. The monoisotopic (exact) mass is 317 g/mol. The Bertz CT molecular complexity index is 688. The highest BCUT2D eigenvalue weighted by molar-refractivity contribution is 5.96. The lowest BCUT2D eigenvalue weighted by Crippen LogP contribution is -2.28. The molecule has 0 fully saturated rings. The molecule has 0 aliphatic rings. The van der Waals surface area contributed by atoms with Crippen LogP contribution in [0.1, 0.15) is 53.7 Å². The first kappa shape index (κ1) is 16.9. The van der Waals surface area contributed by atoms with Gasteiger partial charge >= 0.3 is 0 Å². The van der Waals surface area contributed by atoms with Gasteiger partial charge in [-0.05, 0) is 33.8 Å². The van der Waals surface area contributed by atoms with Gasteiger partial charge in [-0.1, -0.05) is 0 Å². The van der Waals surface area contributed by atoms with E-state index in [2.05, 4.69) is 20.6 Å². The summed E-state index contributed by atoms with van der Waals surface area (Å²) in [6.45, 7) is 7.70. The predicted octanol–water partition coefficient (Wildman–Crippen LogP) is 1.74. The van der Waals surface area contributed by atoms with Crippen LogP contribution in [-0.2, 0) is 11.2 Å². The number of hydrogen-bond acceptors (Lipinski definition) is 4. The maximum absolute atomic E-state index is 12.0. The van der Waals surface area contributed by atoms with Crippen LogP contribution in [0.2, 0.25) is 0 Å². The Hall–Kier alpha value is -2.44. The molecule has 0 saturated carbocycles. The minimum Gasteiger partial charge on any atom is -0.356 e. The number of hydrogen-bond donors (Lipinski definition) is 2. The molecule has 0 aliphatic carbocycles. The average Bonchev–Trinajstić information content (AvgIpc) is 3.06. The smallest absolute Gasteiger partial charge is 0.222 e. The van der Waals surface area contributed by atoms with E-state index in [0.29, 0.717) is 30.6 Å². The van der Waals surface area contributed by atoms with Crippen LogP contribution >= 0.6 is 0 Å². The van der Waals surface area contributed by atoms with E-state index in [0.717, 1.165) is 11.4 Å². The van der Waals surface area contributed by atoms with E-state index in [1.807, 2.05) is 26.8 Å². The lowest BCUT2D eigenvalue weighted by Gasteiger charge is -2.14. The fraction of sp³-hybridized carbons (Fsp3) is 0.500. The van der Waals surface area contributed by atoms with Crippen LogP contribution in [0.5, 0.6) is 0 Å². The van der Waals surface area contributed by atoms with Crippen LogP contribution in [0, 0.1) is 13.8 Å². The van der Waals surface area contributed by atoms with Crippen molar-refractivity contribution in [3.63, 3.8) is 0 Å². The third kappa shape index (κ3) is 4.06. The zero-order valence-electron chi connectivity index (χ0n) is 14.0. The van der Waals surface area contributed by atoms with Crippen molar-refractivity contribution >= 4 is 11.7 Å². The van der Waals surface area contributed by atoms with Crippen molar-refractivity contribution in [1.29, 1.82) is 0 Å². The van der Waals surface area contributed by atoms with Gasteiger partial charge in [-0.2, -0.15) is 10.2 Å². The molecule has 0 unspecified atom stereocenters. The number of amides is 1. The van der Waals surface area contributed by atoms with Crippen LogP contribution in [0.25, 0.3) is 0 Å². The first-order chi connectivity index (χ1) is 10.9. The summed E-state index contributed by atoms with van der Waals surface area (Å²) in [6, 6.07) is 1.78. The normalized spacial score (nSPS) is 12.2. The zero-order chi connectivity index (χ0) is 17.0. The van der Waals surface area contributed by atoms with Gasteiger partial charge < -0.3 is 5.32 Å². The maximum Gasteiger partial charge on any atom is 0.222 e. The van der Waals surface area contributed by atoms with E-state index in [-0.39, 0.29) is 17.7 Å². The molecule has 0 aliphatic heterocycles. The second-order valence-electron chi connectivity index (χ2n) is 5.78. The van der Waals surface area contributed by atoms with Gasteiger partial charge in [0, 0.05) is 37.0 Å². The molecule has 0 bridgehead atoms. The summed E-state index contributed by atoms with van der Waals surface area (Å²) < 4.78 is 1.76. The summed E-state index contributed by atoms with van der Waals surface area (Å²) in [5.41, 5.74) is 3.16. The molecule has 2 aromatic rings. The number of Topliss-reactive ketones (excluding diaryl/α,β-unsaturated/α-hetero) is 1. The Balaban J connectivity index is 1.91. The number of H-pyrrole nitrogens is 1. The van der Waals surface area contributed by atoms with Gasteiger partial charge in [0.05, 0.1) is 17.3 Å². The van der Waals surface area contributed by atoms with Crippen LogP contribution in [0.3, 0.4) is 0 Å². The minimum absolute atomic E-state index is 0.00228. The van der Waals surface area contributed by atoms with Crippen molar-refractivity contribution in [2.45, 2.75) is 46.6 Å². The maximum atomic E-state index is 12.0. The Morgan fingerprint density at radius 3 is 2.70 bits per heavy atom. The van der Waals surface area contributed by atoms with Crippen molar-refractivity contribution < 1.29 is 9.59 Å². The van der Waals surface area contributed by atoms with Gasteiger partial charge in [-0.15, -0.1) is 0 Å². The molecule has 2 rings (SSSR count). The van der Waals surface area contributed by atoms with Crippen molar-refractivity contribution in [2.75, 3.05) is 6.54 Å². The lowest BCUT2D eigenvalue weighted by atomic mass is 10.1. The molecular weight excluding hydrogens is 294 g/mol. The van der Waals surface area contributed by atoms with Gasteiger partial charge in [0.15, 0.2) is 5.78 Å². The highest BCUT2D eigenvalue weighted by Gasteiger charge is 2.20. The Labute approximate surface area is 135 Å². The molecule has 0 saturated heterocycles. The van der Waals surface area contributed by atoms with E-state index in [1.54, 1.807) is 10.9 Å². The molecule has 0 aromatic carbocycles. The van der Waals surface area contributed by atoms with Crippen molar-refractivity contribution in [2.24, 2.45) is 0 Å². The quantitative estimate of drug-likeness (QED) is 0.761. The molecule has 7 heteroatoms. The second-order valence-corrected chi connectivity index (χ2v) is 5.78. The first-order valence-corrected chi connectivity index (χ1v) is 7.71. The van der Waals surface area contributed by atoms with E-state index in [1.165, 1.54) is 6.92 Å². The van der Waals surface area contributed by atoms with Crippen LogP contribution in [0.15, 0.2) is 12.3 Å². The van der Waals surface area contributed by atoms with E-state index >= 15 is 0 Å². The third-order valence-electron chi connectivity index (χ3n) is 3.85. The Morgan fingerprint density at radius 2 is 2.13 bits per heavy atom.